The molecule has 1 aliphatic heterocycles. The summed E-state index contributed by atoms with van der Waals surface area (Å²) < 4.78 is 6.88. The number of aromatic nitrogens is 3. The van der Waals surface area contributed by atoms with Crippen LogP contribution in [-0.2, 0) is 4.74 Å². The Morgan fingerprint density at radius 2 is 1.97 bits per heavy atom. The Morgan fingerprint density at radius 1 is 1.28 bits per heavy atom. The highest BCUT2D eigenvalue weighted by atomic mass is 16.5. The number of hydrogen-bond acceptors (Lipinski definition) is 8. The molecule has 11 nitrogen and oxygen atoms in total. The predicted molar refractivity (Wildman–Crippen MR) is 119 cm³/mol. The smallest absolute Gasteiger partial charge is 0.356 e. The highest BCUT2D eigenvalue weighted by molar-refractivity contribution is 6.06. The topological polar surface area (TPSA) is 161 Å². The number of aromatic carboxylic acids is 1. The zero-order valence-electron chi connectivity index (χ0n) is 17.6. The minimum absolute atomic E-state index is 0.0133. The van der Waals surface area contributed by atoms with Gasteiger partial charge in [-0.3, -0.25) is 4.79 Å². The molecule has 1 amide bonds. The fraction of sp³-hybridized carbons (Fsp3) is 0.333. The first kappa shape index (κ1) is 21.4. The number of para-hydroxylation sites is 1. The van der Waals surface area contributed by atoms with E-state index in [0.717, 1.165) is 12.8 Å². The first-order valence-corrected chi connectivity index (χ1v) is 10.3. The van der Waals surface area contributed by atoms with Crippen LogP contribution in [0.15, 0.2) is 30.3 Å². The van der Waals surface area contributed by atoms with Gasteiger partial charge in [0, 0.05) is 31.5 Å². The van der Waals surface area contributed by atoms with Crippen LogP contribution in [0.4, 0.5) is 23.0 Å². The third-order valence-electron chi connectivity index (χ3n) is 5.51. The van der Waals surface area contributed by atoms with E-state index >= 15 is 0 Å². The molecule has 4 rings (SSSR count). The molecule has 6 N–H and O–H groups in total. The van der Waals surface area contributed by atoms with Gasteiger partial charge in [-0.15, -0.1) is 5.10 Å². The van der Waals surface area contributed by atoms with Crippen LogP contribution in [-0.4, -0.2) is 57.4 Å². The lowest BCUT2D eigenvalue weighted by molar-refractivity contribution is 0.0691. The molecule has 2 aromatic heterocycles. The molecule has 0 bridgehead atoms. The van der Waals surface area contributed by atoms with Crippen LogP contribution >= 0.6 is 0 Å². The maximum atomic E-state index is 12.4. The number of carbonyl (C=O) groups excluding carboxylic acids is 1. The van der Waals surface area contributed by atoms with Gasteiger partial charge < -0.3 is 31.5 Å². The largest absolute Gasteiger partial charge is 0.476 e. The number of nitrogens with two attached hydrogens (primary N) is 2. The molecule has 168 valence electrons. The van der Waals surface area contributed by atoms with E-state index in [2.05, 4.69) is 15.4 Å². The van der Waals surface area contributed by atoms with Crippen LogP contribution in [0.5, 0.6) is 0 Å². The number of ether oxygens (including phenoxy) is 1. The van der Waals surface area contributed by atoms with Gasteiger partial charge in [0.15, 0.2) is 23.0 Å². The van der Waals surface area contributed by atoms with E-state index in [1.165, 1.54) is 4.52 Å². The number of primary amides is 1. The van der Waals surface area contributed by atoms with Crippen LogP contribution < -0.4 is 21.7 Å². The highest BCUT2D eigenvalue weighted by Gasteiger charge is 2.31. The SMILES string of the molecule is CCN(c1c(N)c(C(=O)O)nc2c(C(N)=O)c(Nc3ccccc3)nn12)C1CCOCC1. The molecular formula is C21H25N7O4. The second kappa shape index (κ2) is 8.71. The van der Waals surface area contributed by atoms with Crippen molar-refractivity contribution in [2.75, 3.05) is 35.7 Å². The number of nitrogen functional groups attached to an aromatic ring is 1. The summed E-state index contributed by atoms with van der Waals surface area (Å²) >= 11 is 0. The first-order chi connectivity index (χ1) is 15.4. The summed E-state index contributed by atoms with van der Waals surface area (Å²) in [5, 5.41) is 17.4. The Kier molecular flexibility index (Phi) is 5.82. The summed E-state index contributed by atoms with van der Waals surface area (Å²) in [4.78, 5) is 30.5. The Bertz CT molecular complexity index is 1160. The van der Waals surface area contributed by atoms with E-state index in [9.17, 15) is 14.7 Å². The maximum Gasteiger partial charge on any atom is 0.356 e. The molecule has 0 atom stereocenters. The Balaban J connectivity index is 1.97. The third kappa shape index (κ3) is 3.78. The lowest BCUT2D eigenvalue weighted by Crippen LogP contribution is -2.41. The number of benzene rings is 1. The molecule has 0 aliphatic carbocycles. The van der Waals surface area contributed by atoms with Gasteiger partial charge >= 0.3 is 5.97 Å². The summed E-state index contributed by atoms with van der Waals surface area (Å²) in [6.07, 6.45) is 1.50. The maximum absolute atomic E-state index is 12.4. The molecule has 1 aliphatic rings. The Hall–Kier alpha value is -3.86. The van der Waals surface area contributed by atoms with Crippen LogP contribution in [0.1, 0.15) is 40.6 Å². The van der Waals surface area contributed by atoms with E-state index in [1.807, 2.05) is 30.0 Å². The molecule has 1 aromatic carbocycles. The second-order valence-corrected chi connectivity index (χ2v) is 7.45. The molecule has 3 heterocycles. The predicted octanol–water partition coefficient (Wildman–Crippen LogP) is 1.86. The molecule has 32 heavy (non-hydrogen) atoms. The number of hydrogen-bond donors (Lipinski definition) is 4. The van der Waals surface area contributed by atoms with E-state index in [-0.39, 0.29) is 34.5 Å². The molecule has 0 radical (unpaired) electrons. The summed E-state index contributed by atoms with van der Waals surface area (Å²) in [6, 6.07) is 9.19. The molecule has 11 heteroatoms. The summed E-state index contributed by atoms with van der Waals surface area (Å²) in [5.41, 5.74) is 12.3. The summed E-state index contributed by atoms with van der Waals surface area (Å²) in [6.45, 7) is 3.67. The van der Waals surface area contributed by atoms with E-state index < -0.39 is 11.9 Å². The Labute approximate surface area is 184 Å². The zero-order valence-corrected chi connectivity index (χ0v) is 17.6. The fourth-order valence-corrected chi connectivity index (χ4v) is 4.04. The summed E-state index contributed by atoms with van der Waals surface area (Å²) in [5.74, 6) is -1.55. The average molecular weight is 439 g/mol. The number of carbonyl (C=O) groups is 2. The highest BCUT2D eigenvalue weighted by Crippen LogP contribution is 2.34. The number of nitrogens with one attached hydrogen (secondary N) is 1. The van der Waals surface area contributed by atoms with Gasteiger partial charge in [-0.05, 0) is 31.9 Å². The van der Waals surface area contributed by atoms with Crippen molar-refractivity contribution in [3.63, 3.8) is 0 Å². The van der Waals surface area contributed by atoms with Crippen LogP contribution in [0.2, 0.25) is 0 Å². The van der Waals surface area contributed by atoms with E-state index in [1.54, 1.807) is 12.1 Å². The van der Waals surface area contributed by atoms with Crippen molar-refractivity contribution in [3.05, 3.63) is 41.6 Å². The molecular weight excluding hydrogens is 414 g/mol. The van der Waals surface area contributed by atoms with Crippen molar-refractivity contribution in [2.24, 2.45) is 5.73 Å². The van der Waals surface area contributed by atoms with Crippen LogP contribution in [0.25, 0.3) is 5.65 Å². The normalized spacial score (nSPS) is 14.4. The molecule has 3 aromatic rings. The number of amides is 1. The lowest BCUT2D eigenvalue weighted by Gasteiger charge is -2.35. The molecule has 0 saturated carbocycles. The zero-order chi connectivity index (χ0) is 22.8. The number of nitrogens with zero attached hydrogens (tertiary/aromatic N) is 4. The standard InChI is InChI=1S/C21H25N7O4/c1-2-27(13-8-10-32-11-9-13)20-15(22)16(21(30)31)25-19-14(17(23)29)18(26-28(19)20)24-12-6-4-3-5-7-12/h3-7,13H,2,8-11,22H2,1H3,(H2,23,29)(H,24,26)(H,30,31). The number of carboxylic acid groups (broad SMARTS) is 1. The van der Waals surface area contributed by atoms with Crippen molar-refractivity contribution >= 4 is 40.5 Å². The average Bonchev–Trinajstić information content (AvgIpc) is 3.14. The lowest BCUT2D eigenvalue weighted by atomic mass is 10.1. The van der Waals surface area contributed by atoms with Crippen molar-refractivity contribution in [2.45, 2.75) is 25.8 Å². The van der Waals surface area contributed by atoms with Crippen molar-refractivity contribution in [1.82, 2.24) is 14.6 Å². The Morgan fingerprint density at radius 3 is 2.56 bits per heavy atom. The summed E-state index contributed by atoms with van der Waals surface area (Å²) in [7, 11) is 0. The van der Waals surface area contributed by atoms with Gasteiger partial charge in [-0.2, -0.15) is 4.52 Å². The number of rotatable bonds is 7. The number of carboxylic acids is 1. The van der Waals surface area contributed by atoms with Gasteiger partial charge in [0.25, 0.3) is 5.91 Å². The molecule has 0 unspecified atom stereocenters. The van der Waals surface area contributed by atoms with Crippen molar-refractivity contribution in [3.8, 4) is 0 Å². The monoisotopic (exact) mass is 439 g/mol. The van der Waals surface area contributed by atoms with Gasteiger partial charge in [-0.1, -0.05) is 18.2 Å². The molecule has 1 fully saturated rings. The van der Waals surface area contributed by atoms with Gasteiger partial charge in [0.2, 0.25) is 0 Å². The third-order valence-corrected chi connectivity index (χ3v) is 5.51. The second-order valence-electron chi connectivity index (χ2n) is 7.45. The molecule has 0 spiro atoms. The quantitative estimate of drug-likeness (QED) is 0.430. The molecule has 1 saturated heterocycles. The first-order valence-electron chi connectivity index (χ1n) is 10.3. The number of anilines is 4. The fourth-order valence-electron chi connectivity index (χ4n) is 4.04. The van der Waals surface area contributed by atoms with Crippen LogP contribution in [0.3, 0.4) is 0 Å². The van der Waals surface area contributed by atoms with Gasteiger partial charge in [-0.25, -0.2) is 9.78 Å². The minimum Gasteiger partial charge on any atom is -0.476 e. The number of fused-ring (bicyclic) bond motifs is 1. The van der Waals surface area contributed by atoms with Crippen molar-refractivity contribution < 1.29 is 19.4 Å². The van der Waals surface area contributed by atoms with E-state index in [0.29, 0.717) is 31.3 Å². The van der Waals surface area contributed by atoms with Crippen LogP contribution in [0, 0.1) is 0 Å². The minimum atomic E-state index is -1.30. The van der Waals surface area contributed by atoms with Gasteiger partial charge in [0.1, 0.15) is 11.3 Å². The van der Waals surface area contributed by atoms with Crippen molar-refractivity contribution in [1.29, 1.82) is 0 Å². The van der Waals surface area contributed by atoms with Gasteiger partial charge in [0.05, 0.1) is 0 Å². The van der Waals surface area contributed by atoms with E-state index in [4.69, 9.17) is 16.2 Å².